The van der Waals surface area contributed by atoms with Crippen LogP contribution in [-0.4, -0.2) is 41.9 Å². The minimum absolute atomic E-state index is 0.0762. The standard InChI is InChI=1S/C26H26ClNO4/c1-18-7-2-4-10-22(18)26(31)23-13-12-20(15-24(23)27)28-25-11-5-3-8-19(25)9-6-14-32-17-21(30)16-29/h2-13,15,21,28-30H,14,16-17H2,1H3. The molecule has 3 N–H and O–H groups in total. The highest BCUT2D eigenvalue weighted by atomic mass is 35.5. The highest BCUT2D eigenvalue weighted by molar-refractivity contribution is 6.35. The van der Waals surface area contributed by atoms with Crippen LogP contribution < -0.4 is 5.32 Å². The number of aryl methyl sites for hydroxylation is 1. The van der Waals surface area contributed by atoms with E-state index in [4.69, 9.17) is 21.4 Å². The first-order valence-electron chi connectivity index (χ1n) is 10.3. The van der Waals surface area contributed by atoms with E-state index in [0.717, 1.165) is 22.5 Å². The SMILES string of the molecule is Cc1ccccc1C(=O)c1ccc(Nc2ccccc2C=CCOCC(O)CO)cc1Cl. The summed E-state index contributed by atoms with van der Waals surface area (Å²) in [6.07, 6.45) is 2.87. The molecule has 0 radical (unpaired) electrons. The topological polar surface area (TPSA) is 78.8 Å². The second-order valence-corrected chi connectivity index (χ2v) is 7.73. The third kappa shape index (κ3) is 6.28. The van der Waals surface area contributed by atoms with Crippen LogP contribution in [-0.2, 0) is 4.74 Å². The van der Waals surface area contributed by atoms with Gasteiger partial charge in [0.05, 0.1) is 24.8 Å². The number of ketones is 1. The summed E-state index contributed by atoms with van der Waals surface area (Å²) in [5.74, 6) is -0.103. The molecule has 6 heteroatoms. The quantitative estimate of drug-likeness (QED) is 0.298. The van der Waals surface area contributed by atoms with Gasteiger partial charge in [-0.1, -0.05) is 66.2 Å². The zero-order chi connectivity index (χ0) is 22.9. The fraction of sp³-hybridized carbons (Fsp3) is 0.192. The molecule has 0 amide bonds. The van der Waals surface area contributed by atoms with Crippen LogP contribution in [0.5, 0.6) is 0 Å². The van der Waals surface area contributed by atoms with Gasteiger partial charge in [-0.2, -0.15) is 0 Å². The van der Waals surface area contributed by atoms with Gasteiger partial charge in [0.1, 0.15) is 6.10 Å². The lowest BCUT2D eigenvalue weighted by molar-refractivity contribution is 0.0151. The summed E-state index contributed by atoms with van der Waals surface area (Å²) in [6.45, 7) is 1.97. The Morgan fingerprint density at radius 1 is 1.09 bits per heavy atom. The number of carbonyl (C=O) groups excluding carboxylic acids is 1. The third-order valence-electron chi connectivity index (χ3n) is 4.88. The molecule has 5 nitrogen and oxygen atoms in total. The fourth-order valence-electron chi connectivity index (χ4n) is 3.16. The van der Waals surface area contributed by atoms with Crippen LogP contribution in [0.1, 0.15) is 27.0 Å². The summed E-state index contributed by atoms with van der Waals surface area (Å²) in [5.41, 5.74) is 4.58. The van der Waals surface area contributed by atoms with Crippen molar-refractivity contribution in [2.45, 2.75) is 13.0 Å². The van der Waals surface area contributed by atoms with Gasteiger partial charge in [-0.3, -0.25) is 4.79 Å². The lowest BCUT2D eigenvalue weighted by atomic mass is 9.99. The van der Waals surface area contributed by atoms with Crippen molar-refractivity contribution in [1.29, 1.82) is 0 Å². The Kier molecular flexibility index (Phi) is 8.59. The molecule has 166 valence electrons. The number of ether oxygens (including phenoxy) is 1. The van der Waals surface area contributed by atoms with Crippen LogP contribution in [0.15, 0.2) is 72.8 Å². The Hall–Kier alpha value is -2.96. The molecule has 0 bridgehead atoms. The van der Waals surface area contributed by atoms with E-state index in [1.807, 2.05) is 67.6 Å². The van der Waals surface area contributed by atoms with Crippen molar-refractivity contribution in [3.8, 4) is 0 Å². The van der Waals surface area contributed by atoms with Gasteiger partial charge in [0.2, 0.25) is 0 Å². The first kappa shape index (κ1) is 23.7. The molecule has 0 saturated heterocycles. The fourth-order valence-corrected chi connectivity index (χ4v) is 3.43. The number of halogens is 1. The Labute approximate surface area is 192 Å². The minimum atomic E-state index is -0.872. The number of benzene rings is 3. The molecule has 0 aromatic heterocycles. The Morgan fingerprint density at radius 3 is 2.59 bits per heavy atom. The maximum Gasteiger partial charge on any atom is 0.194 e. The van der Waals surface area contributed by atoms with Gasteiger partial charge in [-0.25, -0.2) is 0 Å². The van der Waals surface area contributed by atoms with Crippen molar-refractivity contribution in [3.05, 3.63) is 100 Å². The van der Waals surface area contributed by atoms with E-state index >= 15 is 0 Å². The Bertz CT molecular complexity index is 1100. The third-order valence-corrected chi connectivity index (χ3v) is 5.19. The van der Waals surface area contributed by atoms with Gasteiger partial charge in [0.15, 0.2) is 5.78 Å². The summed E-state index contributed by atoms with van der Waals surface area (Å²) in [7, 11) is 0. The van der Waals surface area contributed by atoms with E-state index in [0.29, 0.717) is 22.8 Å². The largest absolute Gasteiger partial charge is 0.394 e. The number of carbonyl (C=O) groups is 1. The van der Waals surface area contributed by atoms with Crippen LogP contribution in [0.4, 0.5) is 11.4 Å². The highest BCUT2D eigenvalue weighted by Crippen LogP contribution is 2.28. The first-order valence-corrected chi connectivity index (χ1v) is 10.7. The van der Waals surface area contributed by atoms with Crippen LogP contribution in [0.2, 0.25) is 5.02 Å². The molecule has 1 atom stereocenters. The lowest BCUT2D eigenvalue weighted by Crippen LogP contribution is -2.19. The molecule has 0 spiro atoms. The zero-order valence-electron chi connectivity index (χ0n) is 17.8. The van der Waals surface area contributed by atoms with E-state index in [2.05, 4.69) is 5.32 Å². The second kappa shape index (κ2) is 11.6. The number of aliphatic hydroxyl groups is 2. The molecular weight excluding hydrogens is 426 g/mol. The maximum atomic E-state index is 12.9. The summed E-state index contributed by atoms with van der Waals surface area (Å²) in [6, 6.07) is 20.5. The number of nitrogens with one attached hydrogen (secondary N) is 1. The Balaban J connectivity index is 1.71. The van der Waals surface area contributed by atoms with Crippen molar-refractivity contribution >= 4 is 34.8 Å². The number of hydrogen-bond acceptors (Lipinski definition) is 5. The normalized spacial score (nSPS) is 12.1. The predicted octanol–water partition coefficient (Wildman–Crippen LogP) is 5.01. The summed E-state index contributed by atoms with van der Waals surface area (Å²) >= 11 is 6.46. The molecule has 0 heterocycles. The molecule has 32 heavy (non-hydrogen) atoms. The van der Waals surface area contributed by atoms with Crippen molar-refractivity contribution in [2.75, 3.05) is 25.1 Å². The van der Waals surface area contributed by atoms with Gasteiger partial charge in [-0.15, -0.1) is 0 Å². The van der Waals surface area contributed by atoms with Crippen molar-refractivity contribution in [3.63, 3.8) is 0 Å². The number of hydrogen-bond donors (Lipinski definition) is 3. The molecule has 1 unspecified atom stereocenters. The van der Waals surface area contributed by atoms with E-state index in [1.165, 1.54) is 0 Å². The maximum absolute atomic E-state index is 12.9. The number of rotatable bonds is 10. The average Bonchev–Trinajstić information content (AvgIpc) is 2.79. The predicted molar refractivity (Wildman–Crippen MR) is 129 cm³/mol. The average molecular weight is 452 g/mol. The molecule has 0 fully saturated rings. The van der Waals surface area contributed by atoms with Crippen LogP contribution in [0.25, 0.3) is 6.08 Å². The number of anilines is 2. The zero-order valence-corrected chi connectivity index (χ0v) is 18.5. The Morgan fingerprint density at radius 2 is 1.84 bits per heavy atom. The molecule has 3 rings (SSSR count). The molecule has 0 saturated carbocycles. The molecule has 3 aromatic carbocycles. The van der Waals surface area contributed by atoms with Crippen LogP contribution >= 0.6 is 11.6 Å². The molecule has 0 aliphatic heterocycles. The van der Waals surface area contributed by atoms with Gasteiger partial charge >= 0.3 is 0 Å². The summed E-state index contributed by atoms with van der Waals surface area (Å²) in [5, 5.41) is 21.8. The summed E-state index contributed by atoms with van der Waals surface area (Å²) in [4.78, 5) is 12.9. The van der Waals surface area contributed by atoms with E-state index in [1.54, 1.807) is 18.2 Å². The molecule has 0 aliphatic carbocycles. The second-order valence-electron chi connectivity index (χ2n) is 7.33. The van der Waals surface area contributed by atoms with Crippen molar-refractivity contribution in [1.82, 2.24) is 0 Å². The number of para-hydroxylation sites is 1. The van der Waals surface area contributed by atoms with E-state index < -0.39 is 6.10 Å². The monoisotopic (exact) mass is 451 g/mol. The van der Waals surface area contributed by atoms with Gasteiger partial charge < -0.3 is 20.3 Å². The van der Waals surface area contributed by atoms with Crippen LogP contribution in [0.3, 0.4) is 0 Å². The molecule has 3 aromatic rings. The van der Waals surface area contributed by atoms with E-state index in [9.17, 15) is 9.90 Å². The highest BCUT2D eigenvalue weighted by Gasteiger charge is 2.15. The van der Waals surface area contributed by atoms with Gasteiger partial charge in [-0.05, 0) is 42.3 Å². The van der Waals surface area contributed by atoms with Crippen LogP contribution in [0, 0.1) is 6.92 Å². The minimum Gasteiger partial charge on any atom is -0.394 e. The molecular formula is C26H26ClNO4. The molecule has 0 aliphatic rings. The van der Waals surface area contributed by atoms with Gasteiger partial charge in [0, 0.05) is 22.5 Å². The van der Waals surface area contributed by atoms with E-state index in [-0.39, 0.29) is 19.0 Å². The van der Waals surface area contributed by atoms with Crippen molar-refractivity contribution < 1.29 is 19.7 Å². The van der Waals surface area contributed by atoms with Gasteiger partial charge in [0.25, 0.3) is 0 Å². The van der Waals surface area contributed by atoms with Crippen molar-refractivity contribution in [2.24, 2.45) is 0 Å². The first-order chi connectivity index (χ1) is 15.5. The lowest BCUT2D eigenvalue weighted by Gasteiger charge is -2.12. The number of aliphatic hydroxyl groups excluding tert-OH is 2. The summed E-state index contributed by atoms with van der Waals surface area (Å²) < 4.78 is 5.30. The smallest absolute Gasteiger partial charge is 0.194 e.